The summed E-state index contributed by atoms with van der Waals surface area (Å²) in [6, 6.07) is 12.8. The summed E-state index contributed by atoms with van der Waals surface area (Å²) in [6.45, 7) is 1.57. The fraction of sp³-hybridized carbons (Fsp3) is 0.176. The van der Waals surface area contributed by atoms with Crippen molar-refractivity contribution in [1.82, 2.24) is 0 Å². The summed E-state index contributed by atoms with van der Waals surface area (Å²) < 4.78 is 13.6. The van der Waals surface area contributed by atoms with Crippen LogP contribution in [0.15, 0.2) is 48.5 Å². The first-order valence-corrected chi connectivity index (χ1v) is 7.27. The molecule has 2 aromatic carbocycles. The maximum absolute atomic E-state index is 13.6. The highest BCUT2D eigenvalue weighted by Crippen LogP contribution is 2.30. The Bertz CT molecular complexity index is 763. The van der Waals surface area contributed by atoms with E-state index in [0.29, 0.717) is 5.69 Å². The predicted octanol–water partition coefficient (Wildman–Crippen LogP) is 2.61. The molecule has 23 heavy (non-hydrogen) atoms. The van der Waals surface area contributed by atoms with Crippen LogP contribution in [0.5, 0.6) is 0 Å². The number of para-hydroxylation sites is 3. The second kappa shape index (κ2) is 6.08. The number of carbonyl (C=O) groups is 2. The monoisotopic (exact) mass is 313 g/mol. The van der Waals surface area contributed by atoms with Crippen LogP contribution in [-0.4, -0.2) is 24.4 Å². The van der Waals surface area contributed by atoms with Gasteiger partial charge in [-0.05, 0) is 31.2 Å². The van der Waals surface area contributed by atoms with E-state index in [1.165, 1.54) is 17.0 Å². The molecule has 3 rings (SSSR count). The molecule has 0 spiro atoms. The number of fused-ring (bicyclic) bond motifs is 1. The third kappa shape index (κ3) is 3.01. The van der Waals surface area contributed by atoms with Crippen molar-refractivity contribution in [2.45, 2.75) is 13.0 Å². The fourth-order valence-corrected chi connectivity index (χ4v) is 2.54. The van der Waals surface area contributed by atoms with E-state index in [1.807, 2.05) is 12.1 Å². The number of rotatable bonds is 3. The molecule has 0 fully saturated rings. The molecule has 0 bridgehead atoms. The zero-order valence-electron chi connectivity index (χ0n) is 12.5. The summed E-state index contributed by atoms with van der Waals surface area (Å²) >= 11 is 0. The van der Waals surface area contributed by atoms with Gasteiger partial charge in [-0.2, -0.15) is 0 Å². The van der Waals surface area contributed by atoms with Crippen molar-refractivity contribution >= 4 is 28.9 Å². The van der Waals surface area contributed by atoms with Crippen LogP contribution in [0.25, 0.3) is 0 Å². The van der Waals surface area contributed by atoms with Gasteiger partial charge in [-0.3, -0.25) is 14.5 Å². The highest BCUT2D eigenvalue weighted by atomic mass is 19.1. The number of nitrogens with one attached hydrogen (secondary N) is 2. The van der Waals surface area contributed by atoms with Gasteiger partial charge in [-0.1, -0.05) is 24.3 Å². The van der Waals surface area contributed by atoms with Crippen LogP contribution in [0.4, 0.5) is 21.5 Å². The molecule has 1 heterocycles. The molecule has 2 aromatic rings. The molecular weight excluding hydrogens is 297 g/mol. The van der Waals surface area contributed by atoms with Crippen LogP contribution in [0.3, 0.4) is 0 Å². The van der Waals surface area contributed by atoms with E-state index in [-0.39, 0.29) is 18.1 Å². The van der Waals surface area contributed by atoms with Gasteiger partial charge in [0.25, 0.3) is 0 Å². The minimum absolute atomic E-state index is 0.0985. The lowest BCUT2D eigenvalue weighted by atomic mass is 10.1. The largest absolute Gasteiger partial charge is 0.372 e. The number of halogens is 1. The molecular formula is C17H16FN3O2. The number of carbonyl (C=O) groups excluding carboxylic acids is 2. The van der Waals surface area contributed by atoms with Gasteiger partial charge in [0.2, 0.25) is 11.8 Å². The Morgan fingerprint density at radius 3 is 2.70 bits per heavy atom. The molecule has 0 saturated carbocycles. The molecule has 0 saturated heterocycles. The van der Waals surface area contributed by atoms with Crippen molar-refractivity contribution in [1.29, 1.82) is 0 Å². The maximum atomic E-state index is 13.6. The molecule has 1 aliphatic heterocycles. The Morgan fingerprint density at radius 2 is 1.91 bits per heavy atom. The summed E-state index contributed by atoms with van der Waals surface area (Å²) in [6.07, 6.45) is 0. The minimum atomic E-state index is -0.513. The molecule has 0 aliphatic carbocycles. The van der Waals surface area contributed by atoms with Gasteiger partial charge in [-0.25, -0.2) is 4.39 Å². The second-order valence-electron chi connectivity index (χ2n) is 5.34. The van der Waals surface area contributed by atoms with Crippen molar-refractivity contribution in [2.75, 3.05) is 22.1 Å². The predicted molar refractivity (Wildman–Crippen MR) is 86.9 cm³/mol. The molecule has 6 heteroatoms. The number of amides is 2. The lowest BCUT2D eigenvalue weighted by Crippen LogP contribution is -2.48. The molecule has 1 atom stereocenters. The van der Waals surface area contributed by atoms with E-state index < -0.39 is 17.8 Å². The van der Waals surface area contributed by atoms with Crippen LogP contribution in [-0.2, 0) is 9.59 Å². The van der Waals surface area contributed by atoms with Crippen LogP contribution < -0.4 is 15.5 Å². The maximum Gasteiger partial charge on any atom is 0.249 e. The zero-order chi connectivity index (χ0) is 16.4. The average molecular weight is 313 g/mol. The first-order valence-electron chi connectivity index (χ1n) is 7.27. The molecule has 0 aromatic heterocycles. The van der Waals surface area contributed by atoms with E-state index >= 15 is 0 Å². The molecule has 1 unspecified atom stereocenters. The van der Waals surface area contributed by atoms with Crippen LogP contribution >= 0.6 is 0 Å². The third-order valence-corrected chi connectivity index (χ3v) is 3.65. The molecule has 0 radical (unpaired) electrons. The summed E-state index contributed by atoms with van der Waals surface area (Å²) in [5.41, 5.74) is 1.53. The van der Waals surface area contributed by atoms with Gasteiger partial charge in [0.05, 0.1) is 17.1 Å². The smallest absolute Gasteiger partial charge is 0.249 e. The van der Waals surface area contributed by atoms with E-state index in [1.54, 1.807) is 31.2 Å². The lowest BCUT2D eigenvalue weighted by Gasteiger charge is -2.33. The summed E-state index contributed by atoms with van der Waals surface area (Å²) in [5.74, 6) is -1.17. The van der Waals surface area contributed by atoms with Crippen LogP contribution in [0, 0.1) is 5.82 Å². The number of hydrogen-bond donors (Lipinski definition) is 2. The van der Waals surface area contributed by atoms with Crippen molar-refractivity contribution in [3.8, 4) is 0 Å². The number of nitrogens with zero attached hydrogens (tertiary/aromatic N) is 1. The first kappa shape index (κ1) is 15.0. The van der Waals surface area contributed by atoms with Gasteiger partial charge < -0.3 is 10.6 Å². The molecule has 118 valence electrons. The Kier molecular flexibility index (Phi) is 3.97. The highest BCUT2D eigenvalue weighted by molar-refractivity contribution is 6.09. The Morgan fingerprint density at radius 1 is 1.22 bits per heavy atom. The van der Waals surface area contributed by atoms with Crippen molar-refractivity contribution in [3.63, 3.8) is 0 Å². The molecule has 2 N–H and O–H groups in total. The molecule has 2 amide bonds. The van der Waals surface area contributed by atoms with Crippen molar-refractivity contribution in [3.05, 3.63) is 54.3 Å². The number of anilines is 3. The van der Waals surface area contributed by atoms with Gasteiger partial charge >= 0.3 is 0 Å². The van der Waals surface area contributed by atoms with Gasteiger partial charge in [0, 0.05) is 0 Å². The van der Waals surface area contributed by atoms with Crippen molar-refractivity contribution < 1.29 is 14.0 Å². The fourth-order valence-electron chi connectivity index (χ4n) is 2.54. The average Bonchev–Trinajstić information content (AvgIpc) is 2.54. The Balaban J connectivity index is 1.80. The van der Waals surface area contributed by atoms with Crippen LogP contribution in [0.2, 0.25) is 0 Å². The number of benzene rings is 2. The van der Waals surface area contributed by atoms with Crippen LogP contribution in [0.1, 0.15) is 6.92 Å². The van der Waals surface area contributed by atoms with E-state index in [2.05, 4.69) is 10.6 Å². The summed E-state index contributed by atoms with van der Waals surface area (Å²) in [7, 11) is 0. The quantitative estimate of drug-likeness (QED) is 0.915. The highest BCUT2D eigenvalue weighted by Gasteiger charge is 2.30. The summed E-state index contributed by atoms with van der Waals surface area (Å²) in [5, 5.41) is 5.58. The first-order chi connectivity index (χ1) is 11.1. The van der Waals surface area contributed by atoms with E-state index in [9.17, 15) is 14.0 Å². The topological polar surface area (TPSA) is 61.4 Å². The lowest BCUT2D eigenvalue weighted by molar-refractivity contribution is -0.122. The standard InChI is InChI=1S/C17H16FN3O2/c1-11-17(23)21(15-9-5-4-8-14(15)19-11)10-16(22)20-13-7-3-2-6-12(13)18/h2-9,11,19H,10H2,1H3,(H,20,22). The molecule has 1 aliphatic rings. The SMILES string of the molecule is CC1Nc2ccccc2N(CC(=O)Nc2ccccc2F)C1=O. The normalized spacial score (nSPS) is 16.5. The van der Waals surface area contributed by atoms with Gasteiger partial charge in [-0.15, -0.1) is 0 Å². The van der Waals surface area contributed by atoms with E-state index in [4.69, 9.17) is 0 Å². The summed E-state index contributed by atoms with van der Waals surface area (Å²) in [4.78, 5) is 26.0. The molecule has 5 nitrogen and oxygen atoms in total. The van der Waals surface area contributed by atoms with Gasteiger partial charge in [0.15, 0.2) is 0 Å². The zero-order valence-corrected chi connectivity index (χ0v) is 12.5. The van der Waals surface area contributed by atoms with E-state index in [0.717, 1.165) is 5.69 Å². The third-order valence-electron chi connectivity index (χ3n) is 3.65. The Hall–Kier alpha value is -2.89. The minimum Gasteiger partial charge on any atom is -0.372 e. The number of hydrogen-bond acceptors (Lipinski definition) is 3. The van der Waals surface area contributed by atoms with Crippen molar-refractivity contribution in [2.24, 2.45) is 0 Å². The Labute approximate surface area is 133 Å². The second-order valence-corrected chi connectivity index (χ2v) is 5.34. The van der Waals surface area contributed by atoms with Gasteiger partial charge in [0.1, 0.15) is 18.4 Å².